The standard InChI is InChI=1S/C14H17ClO5S/c1-3-21(18,19)12-11(9-4-6-10(15)7-5-9)14(12,8-20-2)13(16)17/h4-7,11-12H,3,8H2,1-2H3,(H,16,17)/t11-,12-,14+/m0/s1. The monoisotopic (exact) mass is 332 g/mol. The van der Waals surface area contributed by atoms with Crippen LogP contribution in [0.4, 0.5) is 0 Å². The van der Waals surface area contributed by atoms with Gasteiger partial charge in [-0.05, 0) is 17.7 Å². The zero-order valence-electron chi connectivity index (χ0n) is 11.7. The highest BCUT2D eigenvalue weighted by Crippen LogP contribution is 2.63. The van der Waals surface area contributed by atoms with Crippen molar-refractivity contribution < 1.29 is 23.1 Å². The first-order chi connectivity index (χ1) is 9.81. The SMILES string of the molecule is CCS(=O)(=O)[C@H]1[C@H](c2ccc(Cl)cc2)[C@@]1(COC)C(=O)O. The Morgan fingerprint density at radius 1 is 1.38 bits per heavy atom. The minimum Gasteiger partial charge on any atom is -0.481 e. The van der Waals surface area contributed by atoms with E-state index in [1.807, 2.05) is 0 Å². The van der Waals surface area contributed by atoms with E-state index in [-0.39, 0.29) is 12.4 Å². The molecular weight excluding hydrogens is 316 g/mol. The molecule has 0 spiro atoms. The molecule has 116 valence electrons. The van der Waals surface area contributed by atoms with Gasteiger partial charge in [-0.3, -0.25) is 4.79 Å². The molecule has 0 aliphatic heterocycles. The molecule has 21 heavy (non-hydrogen) atoms. The smallest absolute Gasteiger partial charge is 0.314 e. The molecular formula is C14H17ClO5S. The molecule has 1 aromatic carbocycles. The van der Waals surface area contributed by atoms with Crippen LogP contribution in [-0.4, -0.2) is 44.2 Å². The third kappa shape index (κ3) is 2.56. The van der Waals surface area contributed by atoms with Gasteiger partial charge in [-0.2, -0.15) is 0 Å². The van der Waals surface area contributed by atoms with Crippen LogP contribution in [0.3, 0.4) is 0 Å². The lowest BCUT2D eigenvalue weighted by atomic mass is 10.0. The van der Waals surface area contributed by atoms with Crippen molar-refractivity contribution in [2.75, 3.05) is 19.5 Å². The Kier molecular flexibility index (Phi) is 4.33. The van der Waals surface area contributed by atoms with Crippen LogP contribution in [-0.2, 0) is 19.4 Å². The molecule has 3 atom stereocenters. The summed E-state index contributed by atoms with van der Waals surface area (Å²) in [6.07, 6.45) is 0. The molecule has 1 saturated carbocycles. The largest absolute Gasteiger partial charge is 0.481 e. The summed E-state index contributed by atoms with van der Waals surface area (Å²) >= 11 is 5.83. The fourth-order valence-electron chi connectivity index (χ4n) is 2.98. The van der Waals surface area contributed by atoms with E-state index in [1.54, 1.807) is 24.3 Å². The number of ether oxygens (including phenoxy) is 1. The molecule has 0 amide bonds. The first kappa shape index (κ1) is 16.3. The first-order valence-corrected chi connectivity index (χ1v) is 8.60. The number of carboxylic acids is 1. The van der Waals surface area contributed by atoms with E-state index in [2.05, 4.69) is 0 Å². The number of hydrogen-bond acceptors (Lipinski definition) is 4. The number of halogens is 1. The van der Waals surface area contributed by atoms with Gasteiger partial charge in [0.15, 0.2) is 9.84 Å². The maximum atomic E-state index is 12.3. The molecule has 1 aliphatic rings. The van der Waals surface area contributed by atoms with Crippen molar-refractivity contribution in [3.05, 3.63) is 34.9 Å². The van der Waals surface area contributed by atoms with Crippen molar-refractivity contribution in [3.8, 4) is 0 Å². The predicted octanol–water partition coefficient (Wildman–Crippen LogP) is 1.96. The molecule has 5 nitrogen and oxygen atoms in total. The average Bonchev–Trinajstić information content (AvgIpc) is 3.11. The molecule has 0 saturated heterocycles. The lowest BCUT2D eigenvalue weighted by Crippen LogP contribution is -2.29. The Bertz CT molecular complexity index is 640. The maximum absolute atomic E-state index is 12.3. The van der Waals surface area contributed by atoms with Crippen molar-refractivity contribution in [1.82, 2.24) is 0 Å². The zero-order valence-corrected chi connectivity index (χ0v) is 13.3. The van der Waals surface area contributed by atoms with Gasteiger partial charge >= 0.3 is 5.97 Å². The Morgan fingerprint density at radius 2 is 1.95 bits per heavy atom. The fraction of sp³-hybridized carbons (Fsp3) is 0.500. The minimum absolute atomic E-state index is 0.0967. The molecule has 1 aliphatic carbocycles. The van der Waals surface area contributed by atoms with Crippen LogP contribution in [0.25, 0.3) is 0 Å². The van der Waals surface area contributed by atoms with Gasteiger partial charge in [0.2, 0.25) is 0 Å². The Morgan fingerprint density at radius 3 is 2.38 bits per heavy atom. The highest BCUT2D eigenvalue weighted by molar-refractivity contribution is 7.92. The van der Waals surface area contributed by atoms with E-state index < -0.39 is 32.4 Å². The van der Waals surface area contributed by atoms with E-state index >= 15 is 0 Å². The number of hydrogen-bond donors (Lipinski definition) is 1. The molecule has 1 fully saturated rings. The van der Waals surface area contributed by atoms with Crippen LogP contribution in [0, 0.1) is 5.41 Å². The lowest BCUT2D eigenvalue weighted by molar-refractivity contribution is -0.145. The van der Waals surface area contributed by atoms with Crippen molar-refractivity contribution in [3.63, 3.8) is 0 Å². The summed E-state index contributed by atoms with van der Waals surface area (Å²) in [4.78, 5) is 11.7. The predicted molar refractivity (Wildman–Crippen MR) is 79.4 cm³/mol. The fourth-order valence-corrected chi connectivity index (χ4v) is 5.16. The number of carboxylic acid groups (broad SMARTS) is 1. The number of carbonyl (C=O) groups is 1. The second-order valence-corrected chi connectivity index (χ2v) is 8.03. The summed E-state index contributed by atoms with van der Waals surface area (Å²) in [5.41, 5.74) is -0.766. The topological polar surface area (TPSA) is 80.7 Å². The van der Waals surface area contributed by atoms with E-state index in [9.17, 15) is 18.3 Å². The number of aliphatic carboxylic acids is 1. The van der Waals surface area contributed by atoms with Crippen LogP contribution in [0.5, 0.6) is 0 Å². The van der Waals surface area contributed by atoms with Gasteiger partial charge in [-0.1, -0.05) is 30.7 Å². The van der Waals surface area contributed by atoms with Crippen molar-refractivity contribution >= 4 is 27.4 Å². The molecule has 2 rings (SSSR count). The van der Waals surface area contributed by atoms with E-state index in [0.29, 0.717) is 10.6 Å². The Hall–Kier alpha value is -1.11. The highest BCUT2D eigenvalue weighted by Gasteiger charge is 2.75. The van der Waals surface area contributed by atoms with Gasteiger partial charge in [-0.25, -0.2) is 8.42 Å². The second kappa shape index (κ2) is 5.59. The highest BCUT2D eigenvalue weighted by atomic mass is 35.5. The van der Waals surface area contributed by atoms with Crippen molar-refractivity contribution in [2.24, 2.45) is 5.41 Å². The average molecular weight is 333 g/mol. The number of rotatable bonds is 6. The quantitative estimate of drug-likeness (QED) is 0.861. The van der Waals surface area contributed by atoms with E-state index in [4.69, 9.17) is 16.3 Å². The summed E-state index contributed by atoms with van der Waals surface area (Å²) in [7, 11) is -2.13. The van der Waals surface area contributed by atoms with Crippen LogP contribution in [0.2, 0.25) is 5.02 Å². The Balaban J connectivity index is 2.51. The summed E-state index contributed by atoms with van der Waals surface area (Å²) < 4.78 is 29.5. The van der Waals surface area contributed by atoms with Crippen LogP contribution in [0.1, 0.15) is 18.4 Å². The first-order valence-electron chi connectivity index (χ1n) is 6.50. The molecule has 1 N–H and O–H groups in total. The summed E-state index contributed by atoms with van der Waals surface area (Å²) in [6.45, 7) is 1.38. The number of sulfone groups is 1. The molecule has 0 bridgehead atoms. The molecule has 0 aromatic heterocycles. The van der Waals surface area contributed by atoms with Gasteiger partial charge in [0, 0.05) is 23.8 Å². The number of methoxy groups -OCH3 is 1. The van der Waals surface area contributed by atoms with Gasteiger partial charge in [0.25, 0.3) is 0 Å². The van der Waals surface area contributed by atoms with E-state index in [1.165, 1.54) is 14.0 Å². The molecule has 7 heteroatoms. The zero-order chi connectivity index (χ0) is 15.8. The van der Waals surface area contributed by atoms with Gasteiger partial charge in [-0.15, -0.1) is 0 Å². The Labute approximate surface area is 128 Å². The van der Waals surface area contributed by atoms with Crippen molar-refractivity contribution in [1.29, 1.82) is 0 Å². The van der Waals surface area contributed by atoms with Gasteiger partial charge in [0.1, 0.15) is 5.41 Å². The second-order valence-electron chi connectivity index (χ2n) is 5.18. The van der Waals surface area contributed by atoms with Crippen LogP contribution < -0.4 is 0 Å². The maximum Gasteiger partial charge on any atom is 0.314 e. The van der Waals surface area contributed by atoms with Gasteiger partial charge < -0.3 is 9.84 Å². The van der Waals surface area contributed by atoms with Crippen LogP contribution >= 0.6 is 11.6 Å². The van der Waals surface area contributed by atoms with E-state index in [0.717, 1.165) is 0 Å². The third-order valence-electron chi connectivity index (χ3n) is 4.06. The third-order valence-corrected chi connectivity index (χ3v) is 6.58. The van der Waals surface area contributed by atoms with Gasteiger partial charge in [0.05, 0.1) is 11.9 Å². The number of benzene rings is 1. The normalized spacial score (nSPS) is 28.3. The van der Waals surface area contributed by atoms with Crippen molar-refractivity contribution in [2.45, 2.75) is 18.1 Å². The van der Waals surface area contributed by atoms with Crippen LogP contribution in [0.15, 0.2) is 24.3 Å². The molecule has 0 heterocycles. The lowest BCUT2D eigenvalue weighted by Gasteiger charge is -2.11. The molecule has 0 unspecified atom stereocenters. The minimum atomic E-state index is -3.50. The molecule has 0 radical (unpaired) electrons. The summed E-state index contributed by atoms with van der Waals surface area (Å²) in [6, 6.07) is 6.60. The summed E-state index contributed by atoms with van der Waals surface area (Å²) in [5.74, 6) is -1.86. The molecule has 1 aromatic rings. The summed E-state index contributed by atoms with van der Waals surface area (Å²) in [5, 5.41) is 9.13.